The van der Waals surface area contributed by atoms with Crippen molar-refractivity contribution in [3.63, 3.8) is 0 Å². The van der Waals surface area contributed by atoms with Gasteiger partial charge in [-0.15, -0.1) is 0 Å². The molecule has 6 nitrogen and oxygen atoms in total. The molecule has 0 spiro atoms. The van der Waals surface area contributed by atoms with Gasteiger partial charge < -0.3 is 19.1 Å². The van der Waals surface area contributed by atoms with Gasteiger partial charge in [-0.2, -0.15) is 0 Å². The molecular weight excluding hydrogens is 440 g/mol. The molecular formula is C26H25ClN2O4. The number of hydrogen-bond acceptors (Lipinski definition) is 4. The largest absolute Gasteiger partial charge is 0.494 e. The molecule has 0 aliphatic rings. The number of fused-ring (bicyclic) bond motifs is 1. The number of carbonyl (C=O) groups is 1. The number of carboxylic acids is 1. The lowest BCUT2D eigenvalue weighted by Crippen LogP contribution is -2.04. The second kappa shape index (κ2) is 9.55. The Hall–Kier alpha value is -3.51. The maximum atomic E-state index is 11.2. The van der Waals surface area contributed by atoms with Gasteiger partial charge in [0.05, 0.1) is 29.7 Å². The van der Waals surface area contributed by atoms with E-state index in [1.807, 2.05) is 45.0 Å². The Labute approximate surface area is 197 Å². The van der Waals surface area contributed by atoms with Crippen LogP contribution < -0.4 is 9.47 Å². The Morgan fingerprint density at radius 2 is 1.85 bits per heavy atom. The summed E-state index contributed by atoms with van der Waals surface area (Å²) in [5.74, 6) is 1.18. The quantitative estimate of drug-likeness (QED) is 0.344. The first-order valence-corrected chi connectivity index (χ1v) is 11.1. The molecule has 0 fully saturated rings. The van der Waals surface area contributed by atoms with Crippen LogP contribution in [0.3, 0.4) is 0 Å². The number of halogens is 1. The van der Waals surface area contributed by atoms with Crippen molar-refractivity contribution in [3.05, 3.63) is 87.7 Å². The molecule has 7 heteroatoms. The summed E-state index contributed by atoms with van der Waals surface area (Å²) in [6.45, 7) is 7.43. The van der Waals surface area contributed by atoms with Crippen molar-refractivity contribution in [3.8, 4) is 11.5 Å². The van der Waals surface area contributed by atoms with E-state index in [1.54, 1.807) is 18.2 Å². The van der Waals surface area contributed by atoms with Crippen molar-refractivity contribution in [2.24, 2.45) is 0 Å². The molecule has 3 aromatic carbocycles. The Bertz CT molecular complexity index is 1330. The average molecular weight is 465 g/mol. The molecule has 4 rings (SSSR count). The van der Waals surface area contributed by atoms with Gasteiger partial charge in [0.25, 0.3) is 0 Å². The number of imidazole rings is 1. The summed E-state index contributed by atoms with van der Waals surface area (Å²) in [4.78, 5) is 16.0. The van der Waals surface area contributed by atoms with Gasteiger partial charge in [-0.1, -0.05) is 29.8 Å². The first-order valence-electron chi connectivity index (χ1n) is 10.7. The van der Waals surface area contributed by atoms with E-state index in [9.17, 15) is 9.90 Å². The minimum Gasteiger partial charge on any atom is -0.494 e. The van der Waals surface area contributed by atoms with Gasteiger partial charge in [0.1, 0.15) is 23.9 Å². The fourth-order valence-corrected chi connectivity index (χ4v) is 4.06. The summed E-state index contributed by atoms with van der Waals surface area (Å²) in [5, 5.41) is 9.83. The molecule has 0 radical (unpaired) electrons. The van der Waals surface area contributed by atoms with Crippen LogP contribution in [0.4, 0.5) is 0 Å². The summed E-state index contributed by atoms with van der Waals surface area (Å²) < 4.78 is 13.6. The molecule has 0 unspecified atom stereocenters. The van der Waals surface area contributed by atoms with Crippen molar-refractivity contribution in [2.75, 3.05) is 6.61 Å². The van der Waals surface area contributed by atoms with Gasteiger partial charge in [-0.05, 0) is 73.9 Å². The van der Waals surface area contributed by atoms with E-state index in [-0.39, 0.29) is 5.56 Å². The van der Waals surface area contributed by atoms with Crippen LogP contribution in [0.5, 0.6) is 11.5 Å². The lowest BCUT2D eigenvalue weighted by Gasteiger charge is -2.12. The maximum absolute atomic E-state index is 11.2. The molecule has 0 saturated heterocycles. The zero-order chi connectivity index (χ0) is 23.5. The number of benzene rings is 3. The highest BCUT2D eigenvalue weighted by Crippen LogP contribution is 2.28. The topological polar surface area (TPSA) is 73.6 Å². The smallest absolute Gasteiger partial charge is 0.335 e. The molecule has 1 N–H and O–H groups in total. The van der Waals surface area contributed by atoms with Crippen molar-refractivity contribution in [1.82, 2.24) is 9.55 Å². The third-order valence-corrected chi connectivity index (χ3v) is 5.80. The number of aromatic nitrogens is 2. The summed E-state index contributed by atoms with van der Waals surface area (Å²) >= 11 is 6.53. The molecule has 1 heterocycles. The van der Waals surface area contributed by atoms with Crippen molar-refractivity contribution in [1.29, 1.82) is 0 Å². The highest BCUT2D eigenvalue weighted by molar-refractivity contribution is 6.31. The molecule has 1 aromatic heterocycles. The first-order chi connectivity index (χ1) is 15.9. The highest BCUT2D eigenvalue weighted by atomic mass is 35.5. The lowest BCUT2D eigenvalue weighted by atomic mass is 10.1. The fourth-order valence-electron chi connectivity index (χ4n) is 3.83. The van der Waals surface area contributed by atoms with E-state index in [0.717, 1.165) is 39.3 Å². The second-order valence-electron chi connectivity index (χ2n) is 7.83. The van der Waals surface area contributed by atoms with Crippen LogP contribution in [0.1, 0.15) is 39.8 Å². The summed E-state index contributed by atoms with van der Waals surface area (Å²) in [7, 11) is 0. The fraction of sp³-hybridized carbons (Fsp3) is 0.231. The van der Waals surface area contributed by atoms with E-state index in [2.05, 4.69) is 10.6 Å². The van der Waals surface area contributed by atoms with Crippen LogP contribution in [0, 0.1) is 13.8 Å². The summed E-state index contributed by atoms with van der Waals surface area (Å²) in [6.07, 6.45) is 0. The Balaban J connectivity index is 1.62. The number of aryl methyl sites for hydroxylation is 2. The van der Waals surface area contributed by atoms with Gasteiger partial charge >= 0.3 is 5.97 Å². The van der Waals surface area contributed by atoms with Crippen LogP contribution in [0.25, 0.3) is 11.0 Å². The van der Waals surface area contributed by atoms with Crippen LogP contribution in [0.2, 0.25) is 5.02 Å². The van der Waals surface area contributed by atoms with E-state index < -0.39 is 5.97 Å². The number of rotatable bonds is 8. The second-order valence-corrected chi connectivity index (χ2v) is 8.24. The normalized spacial score (nSPS) is 11.0. The highest BCUT2D eigenvalue weighted by Gasteiger charge is 2.14. The molecule has 4 aromatic rings. The number of carboxylic acid groups (broad SMARTS) is 1. The third-order valence-electron chi connectivity index (χ3n) is 5.45. The average Bonchev–Trinajstić information content (AvgIpc) is 3.10. The van der Waals surface area contributed by atoms with Crippen molar-refractivity contribution < 1.29 is 19.4 Å². The third kappa shape index (κ3) is 4.96. The van der Waals surface area contributed by atoms with Crippen molar-refractivity contribution >= 4 is 28.6 Å². The molecule has 33 heavy (non-hydrogen) atoms. The van der Waals surface area contributed by atoms with Crippen LogP contribution in [-0.2, 0) is 13.2 Å². The predicted molar refractivity (Wildman–Crippen MR) is 129 cm³/mol. The summed E-state index contributed by atoms with van der Waals surface area (Å²) in [5.41, 5.74) is 5.12. The molecule has 170 valence electrons. The van der Waals surface area contributed by atoms with Crippen LogP contribution in [-0.4, -0.2) is 27.2 Å². The van der Waals surface area contributed by atoms with Gasteiger partial charge in [-0.25, -0.2) is 9.78 Å². The summed E-state index contributed by atoms with van der Waals surface area (Å²) in [6, 6.07) is 16.3. The van der Waals surface area contributed by atoms with E-state index >= 15 is 0 Å². The standard InChI is InChI=1S/C26H25ClN2O4/c1-4-32-22-9-8-20(23(27)13-22)14-29-17(3)28-25-16(2)10-18(11-24(25)29)15-33-21-7-5-6-19(12-21)26(30)31/h5-13H,4,14-15H2,1-3H3,(H,30,31). The molecule has 0 saturated carbocycles. The molecule has 0 bridgehead atoms. The maximum Gasteiger partial charge on any atom is 0.335 e. The number of nitrogens with zero attached hydrogens (tertiary/aromatic N) is 2. The number of ether oxygens (including phenoxy) is 2. The zero-order valence-electron chi connectivity index (χ0n) is 18.8. The van der Waals surface area contributed by atoms with Crippen molar-refractivity contribution in [2.45, 2.75) is 33.9 Å². The van der Waals surface area contributed by atoms with E-state index in [1.165, 1.54) is 6.07 Å². The zero-order valence-corrected chi connectivity index (χ0v) is 19.5. The molecule has 0 aliphatic heterocycles. The van der Waals surface area contributed by atoms with Gasteiger partial charge in [0.2, 0.25) is 0 Å². The van der Waals surface area contributed by atoms with E-state index in [0.29, 0.717) is 30.5 Å². The molecule has 0 atom stereocenters. The lowest BCUT2D eigenvalue weighted by molar-refractivity contribution is 0.0696. The monoisotopic (exact) mass is 464 g/mol. The van der Waals surface area contributed by atoms with Crippen LogP contribution >= 0.6 is 11.6 Å². The van der Waals surface area contributed by atoms with Gasteiger partial charge in [-0.3, -0.25) is 0 Å². The van der Waals surface area contributed by atoms with E-state index in [4.69, 9.17) is 26.1 Å². The predicted octanol–water partition coefficient (Wildman–Crippen LogP) is 6.03. The van der Waals surface area contributed by atoms with Gasteiger partial charge in [0, 0.05) is 5.02 Å². The minimum atomic E-state index is -0.981. The minimum absolute atomic E-state index is 0.195. The van der Waals surface area contributed by atoms with Crippen LogP contribution in [0.15, 0.2) is 54.6 Å². The van der Waals surface area contributed by atoms with Gasteiger partial charge in [0.15, 0.2) is 0 Å². The SMILES string of the molecule is CCOc1ccc(Cn2c(C)nc3c(C)cc(COc4cccc(C(=O)O)c4)cc32)c(Cl)c1. The Morgan fingerprint density at radius 3 is 2.58 bits per heavy atom. The number of aromatic carboxylic acids is 1. The Morgan fingerprint density at radius 1 is 1.06 bits per heavy atom. The molecule has 0 amide bonds. The first kappa shape index (κ1) is 22.7. The Kier molecular flexibility index (Phi) is 6.56. The number of hydrogen-bond donors (Lipinski definition) is 1. The molecule has 0 aliphatic carbocycles.